The van der Waals surface area contributed by atoms with Crippen LogP contribution in [0.15, 0.2) is 28.7 Å². The predicted octanol–water partition coefficient (Wildman–Crippen LogP) is 0.969. The number of rotatable bonds is 2. The van der Waals surface area contributed by atoms with Crippen molar-refractivity contribution in [1.82, 2.24) is 4.98 Å². The van der Waals surface area contributed by atoms with Crippen molar-refractivity contribution in [3.8, 4) is 0 Å². The second kappa shape index (κ2) is 4.30. The number of oxazole rings is 1. The summed E-state index contributed by atoms with van der Waals surface area (Å²) in [6.07, 6.45) is -0.381. The third-order valence-corrected chi connectivity index (χ3v) is 2.97. The SMILES string of the molecule is N=C(N)C1CN(c2nc3ccccc3o2)CCO1. The molecule has 0 bridgehead atoms. The quantitative estimate of drug-likeness (QED) is 0.609. The predicted molar refractivity (Wildman–Crippen MR) is 67.9 cm³/mol. The van der Waals surface area contributed by atoms with Crippen molar-refractivity contribution < 1.29 is 9.15 Å². The van der Waals surface area contributed by atoms with Crippen LogP contribution in [-0.2, 0) is 4.74 Å². The number of fused-ring (bicyclic) bond motifs is 1. The Morgan fingerprint density at radius 3 is 3.06 bits per heavy atom. The summed E-state index contributed by atoms with van der Waals surface area (Å²) < 4.78 is 11.1. The molecule has 1 aromatic heterocycles. The van der Waals surface area contributed by atoms with E-state index in [1.54, 1.807) is 0 Å². The van der Waals surface area contributed by atoms with Gasteiger partial charge in [0.1, 0.15) is 17.5 Å². The van der Waals surface area contributed by atoms with Gasteiger partial charge in [0, 0.05) is 6.54 Å². The fourth-order valence-corrected chi connectivity index (χ4v) is 2.01. The highest BCUT2D eigenvalue weighted by molar-refractivity contribution is 5.82. The van der Waals surface area contributed by atoms with Gasteiger partial charge >= 0.3 is 0 Å². The minimum absolute atomic E-state index is 0.0378. The number of hydrogen-bond acceptors (Lipinski definition) is 5. The van der Waals surface area contributed by atoms with Gasteiger partial charge in [-0.15, -0.1) is 0 Å². The van der Waals surface area contributed by atoms with Crippen molar-refractivity contribution in [3.63, 3.8) is 0 Å². The molecule has 0 spiro atoms. The van der Waals surface area contributed by atoms with Crippen molar-refractivity contribution in [2.24, 2.45) is 5.73 Å². The molecule has 2 aromatic rings. The summed E-state index contributed by atoms with van der Waals surface area (Å²) >= 11 is 0. The zero-order valence-electron chi connectivity index (χ0n) is 9.80. The maximum Gasteiger partial charge on any atom is 0.298 e. The first kappa shape index (κ1) is 11.0. The highest BCUT2D eigenvalue weighted by Gasteiger charge is 2.25. The van der Waals surface area contributed by atoms with Gasteiger partial charge in [-0.25, -0.2) is 0 Å². The van der Waals surface area contributed by atoms with Crippen LogP contribution in [0.3, 0.4) is 0 Å². The first-order chi connectivity index (χ1) is 8.74. The summed E-state index contributed by atoms with van der Waals surface area (Å²) in [7, 11) is 0. The van der Waals surface area contributed by atoms with Crippen LogP contribution in [0.1, 0.15) is 0 Å². The van der Waals surface area contributed by atoms with E-state index in [0.717, 1.165) is 11.1 Å². The second-order valence-electron chi connectivity index (χ2n) is 4.22. The molecule has 0 saturated carbocycles. The van der Waals surface area contributed by atoms with Gasteiger partial charge in [-0.05, 0) is 12.1 Å². The van der Waals surface area contributed by atoms with E-state index in [1.165, 1.54) is 0 Å². The molecule has 3 rings (SSSR count). The van der Waals surface area contributed by atoms with E-state index in [-0.39, 0.29) is 11.9 Å². The molecule has 1 saturated heterocycles. The van der Waals surface area contributed by atoms with Crippen LogP contribution >= 0.6 is 0 Å². The maximum atomic E-state index is 7.42. The van der Waals surface area contributed by atoms with Crippen LogP contribution in [-0.4, -0.2) is 36.6 Å². The summed E-state index contributed by atoms with van der Waals surface area (Å²) in [4.78, 5) is 6.38. The highest BCUT2D eigenvalue weighted by atomic mass is 16.5. The Kier molecular flexibility index (Phi) is 2.64. The summed E-state index contributed by atoms with van der Waals surface area (Å²) in [6.45, 7) is 1.71. The van der Waals surface area contributed by atoms with Crippen LogP contribution in [0.4, 0.5) is 6.01 Å². The van der Waals surface area contributed by atoms with E-state index in [1.807, 2.05) is 29.2 Å². The number of nitrogens with zero attached hydrogens (tertiary/aromatic N) is 2. The number of morpholine rings is 1. The fourth-order valence-electron chi connectivity index (χ4n) is 2.01. The molecule has 3 N–H and O–H groups in total. The average Bonchev–Trinajstić information content (AvgIpc) is 2.82. The lowest BCUT2D eigenvalue weighted by Crippen LogP contribution is -2.48. The van der Waals surface area contributed by atoms with E-state index >= 15 is 0 Å². The molecular formula is C12H14N4O2. The van der Waals surface area contributed by atoms with E-state index in [4.69, 9.17) is 20.3 Å². The zero-order valence-corrected chi connectivity index (χ0v) is 9.80. The first-order valence-electron chi connectivity index (χ1n) is 5.80. The van der Waals surface area contributed by atoms with Crippen LogP contribution < -0.4 is 10.6 Å². The van der Waals surface area contributed by atoms with Gasteiger partial charge in [-0.3, -0.25) is 5.41 Å². The van der Waals surface area contributed by atoms with E-state index in [0.29, 0.717) is 25.7 Å². The number of aromatic nitrogens is 1. The van der Waals surface area contributed by atoms with Crippen LogP contribution in [0, 0.1) is 5.41 Å². The Bertz CT molecular complexity index is 547. The molecule has 6 nitrogen and oxygen atoms in total. The number of hydrogen-bond donors (Lipinski definition) is 2. The van der Waals surface area contributed by atoms with Gasteiger partial charge in [0.15, 0.2) is 5.58 Å². The summed E-state index contributed by atoms with van der Waals surface area (Å²) in [6, 6.07) is 8.19. The number of ether oxygens (including phenoxy) is 1. The molecule has 94 valence electrons. The molecule has 2 heterocycles. The molecule has 18 heavy (non-hydrogen) atoms. The van der Waals surface area contributed by atoms with Gasteiger partial charge in [0.25, 0.3) is 6.01 Å². The molecule has 1 aliphatic heterocycles. The van der Waals surface area contributed by atoms with Gasteiger partial charge < -0.3 is 19.8 Å². The standard InChI is InChI=1S/C12H14N4O2/c13-11(14)10-7-16(5-6-17-10)12-15-8-3-1-2-4-9(8)18-12/h1-4,10H,5-7H2,(H3,13,14). The Morgan fingerprint density at radius 2 is 2.28 bits per heavy atom. The van der Waals surface area contributed by atoms with Crippen molar-refractivity contribution >= 4 is 22.9 Å². The molecule has 1 unspecified atom stereocenters. The largest absolute Gasteiger partial charge is 0.423 e. The van der Waals surface area contributed by atoms with Crippen molar-refractivity contribution in [3.05, 3.63) is 24.3 Å². The lowest BCUT2D eigenvalue weighted by atomic mass is 10.2. The van der Waals surface area contributed by atoms with Gasteiger partial charge in [0.05, 0.1) is 13.2 Å². The Balaban J connectivity index is 1.87. The number of benzene rings is 1. The van der Waals surface area contributed by atoms with Crippen LogP contribution in [0.25, 0.3) is 11.1 Å². The zero-order chi connectivity index (χ0) is 12.5. The van der Waals surface area contributed by atoms with Crippen molar-refractivity contribution in [2.75, 3.05) is 24.6 Å². The minimum atomic E-state index is -0.381. The molecule has 1 fully saturated rings. The lowest BCUT2D eigenvalue weighted by molar-refractivity contribution is 0.0807. The van der Waals surface area contributed by atoms with Gasteiger partial charge in [-0.1, -0.05) is 12.1 Å². The molecule has 0 radical (unpaired) electrons. The molecular weight excluding hydrogens is 232 g/mol. The van der Waals surface area contributed by atoms with Crippen molar-refractivity contribution in [1.29, 1.82) is 5.41 Å². The number of nitrogens with one attached hydrogen (secondary N) is 1. The summed E-state index contributed by atoms with van der Waals surface area (Å²) in [5.74, 6) is 0.0378. The third-order valence-electron chi connectivity index (χ3n) is 2.97. The van der Waals surface area contributed by atoms with E-state index in [2.05, 4.69) is 4.98 Å². The number of nitrogens with two attached hydrogens (primary N) is 1. The lowest BCUT2D eigenvalue weighted by Gasteiger charge is -2.30. The Hall–Kier alpha value is -2.08. The number of anilines is 1. The smallest absolute Gasteiger partial charge is 0.298 e. The average molecular weight is 246 g/mol. The Morgan fingerprint density at radius 1 is 1.44 bits per heavy atom. The first-order valence-corrected chi connectivity index (χ1v) is 5.80. The van der Waals surface area contributed by atoms with Gasteiger partial charge in [0.2, 0.25) is 0 Å². The number of amidine groups is 1. The number of para-hydroxylation sites is 2. The monoisotopic (exact) mass is 246 g/mol. The van der Waals surface area contributed by atoms with E-state index in [9.17, 15) is 0 Å². The van der Waals surface area contributed by atoms with Crippen LogP contribution in [0.2, 0.25) is 0 Å². The normalized spacial score (nSPS) is 20.2. The topological polar surface area (TPSA) is 88.4 Å². The fraction of sp³-hybridized carbons (Fsp3) is 0.333. The molecule has 1 atom stereocenters. The van der Waals surface area contributed by atoms with E-state index < -0.39 is 0 Å². The minimum Gasteiger partial charge on any atom is -0.423 e. The molecule has 6 heteroatoms. The molecule has 0 aliphatic carbocycles. The highest BCUT2D eigenvalue weighted by Crippen LogP contribution is 2.23. The molecule has 1 aromatic carbocycles. The third kappa shape index (κ3) is 1.91. The summed E-state index contributed by atoms with van der Waals surface area (Å²) in [5.41, 5.74) is 7.06. The second-order valence-corrected chi connectivity index (χ2v) is 4.22. The van der Waals surface area contributed by atoms with Crippen molar-refractivity contribution in [2.45, 2.75) is 6.10 Å². The Labute approximate surface area is 104 Å². The maximum absolute atomic E-state index is 7.42. The van der Waals surface area contributed by atoms with Gasteiger partial charge in [-0.2, -0.15) is 4.98 Å². The summed E-state index contributed by atoms with van der Waals surface area (Å²) in [5, 5.41) is 7.42. The molecule has 1 aliphatic rings. The van der Waals surface area contributed by atoms with Crippen LogP contribution in [0.5, 0.6) is 0 Å². The molecule has 0 amide bonds.